The first-order chi connectivity index (χ1) is 12.0. The fourth-order valence-electron chi connectivity index (χ4n) is 2.93. The molecule has 0 spiro atoms. The molecule has 0 saturated carbocycles. The van der Waals surface area contributed by atoms with Gasteiger partial charge >= 0.3 is 0 Å². The number of aromatic nitrogens is 2. The number of para-hydroxylation sites is 1. The maximum atomic E-state index is 13.9. The third kappa shape index (κ3) is 3.67. The lowest BCUT2D eigenvalue weighted by molar-refractivity contribution is 0.0935. The summed E-state index contributed by atoms with van der Waals surface area (Å²) in [7, 11) is 1.67. The van der Waals surface area contributed by atoms with Crippen LogP contribution in [0.15, 0.2) is 24.3 Å². The summed E-state index contributed by atoms with van der Waals surface area (Å²) in [5.74, 6) is -1.16. The van der Waals surface area contributed by atoms with Gasteiger partial charge in [-0.25, -0.2) is 18.7 Å². The largest absolute Gasteiger partial charge is 0.365 e. The second kappa shape index (κ2) is 7.00. The topological polar surface area (TPSA) is 70.2 Å². The van der Waals surface area contributed by atoms with Crippen LogP contribution in [0.4, 0.5) is 20.4 Å². The summed E-state index contributed by atoms with van der Waals surface area (Å²) >= 11 is 0. The number of anilines is 2. The summed E-state index contributed by atoms with van der Waals surface area (Å²) < 4.78 is 27.8. The van der Waals surface area contributed by atoms with E-state index in [0.29, 0.717) is 31.2 Å². The van der Waals surface area contributed by atoms with Crippen LogP contribution in [0.3, 0.4) is 0 Å². The number of aryl methyl sites for hydroxylation is 1. The van der Waals surface area contributed by atoms with Crippen LogP contribution < -0.4 is 15.5 Å². The van der Waals surface area contributed by atoms with E-state index >= 15 is 0 Å². The SMILES string of the molecule is CNc1nc(C)cc(C(=O)N[C@@H]2CCN(c3c(F)cccc3F)C2)n1. The summed E-state index contributed by atoms with van der Waals surface area (Å²) in [6.07, 6.45) is 0.600. The first-order valence-corrected chi connectivity index (χ1v) is 8.01. The summed E-state index contributed by atoms with van der Waals surface area (Å²) in [6, 6.07) is 5.18. The number of nitrogens with one attached hydrogen (secondary N) is 2. The van der Waals surface area contributed by atoms with Crippen molar-refractivity contribution < 1.29 is 13.6 Å². The van der Waals surface area contributed by atoms with Crippen molar-refractivity contribution in [2.45, 2.75) is 19.4 Å². The van der Waals surface area contributed by atoms with Gasteiger partial charge in [0.25, 0.3) is 5.91 Å². The molecule has 1 aliphatic heterocycles. The minimum Gasteiger partial charge on any atom is -0.365 e. The van der Waals surface area contributed by atoms with Crippen molar-refractivity contribution in [3.8, 4) is 0 Å². The summed E-state index contributed by atoms with van der Waals surface area (Å²) in [4.78, 5) is 22.3. The van der Waals surface area contributed by atoms with E-state index in [1.54, 1.807) is 24.9 Å². The van der Waals surface area contributed by atoms with Gasteiger partial charge in [-0.05, 0) is 31.5 Å². The Balaban J connectivity index is 1.69. The van der Waals surface area contributed by atoms with E-state index in [4.69, 9.17) is 0 Å². The lowest BCUT2D eigenvalue weighted by atomic mass is 10.2. The standard InChI is InChI=1S/C17H19F2N5O/c1-10-8-14(23-17(20-2)21-10)16(25)22-11-6-7-24(9-11)15-12(18)4-3-5-13(15)19/h3-5,8,11H,6-7,9H2,1-2H3,(H,22,25)(H,20,21,23)/t11-/m1/s1. The summed E-state index contributed by atoms with van der Waals surface area (Å²) in [5.41, 5.74) is 0.882. The van der Waals surface area contributed by atoms with E-state index < -0.39 is 11.6 Å². The number of hydrogen-bond acceptors (Lipinski definition) is 5. The van der Waals surface area contributed by atoms with Crippen LogP contribution >= 0.6 is 0 Å². The molecule has 1 aromatic carbocycles. The van der Waals surface area contributed by atoms with Crippen LogP contribution in [0.25, 0.3) is 0 Å². The highest BCUT2D eigenvalue weighted by atomic mass is 19.1. The molecule has 2 heterocycles. The molecule has 8 heteroatoms. The first kappa shape index (κ1) is 17.1. The number of halogens is 2. The second-order valence-electron chi connectivity index (χ2n) is 5.94. The Kier molecular flexibility index (Phi) is 4.78. The van der Waals surface area contributed by atoms with Crippen molar-refractivity contribution in [2.75, 3.05) is 30.4 Å². The van der Waals surface area contributed by atoms with Gasteiger partial charge in [0.15, 0.2) is 0 Å². The van der Waals surface area contributed by atoms with Crippen LogP contribution in [0, 0.1) is 18.6 Å². The minimum atomic E-state index is -0.600. The van der Waals surface area contributed by atoms with Crippen LogP contribution in [0.2, 0.25) is 0 Å². The molecule has 1 amide bonds. The fourth-order valence-corrected chi connectivity index (χ4v) is 2.93. The zero-order valence-electron chi connectivity index (χ0n) is 14.0. The van der Waals surface area contributed by atoms with E-state index in [1.807, 2.05) is 0 Å². The molecule has 25 heavy (non-hydrogen) atoms. The average molecular weight is 347 g/mol. The normalized spacial score (nSPS) is 16.8. The Morgan fingerprint density at radius 3 is 2.68 bits per heavy atom. The lowest BCUT2D eigenvalue weighted by Gasteiger charge is -2.20. The van der Waals surface area contributed by atoms with Crippen molar-refractivity contribution in [3.05, 3.63) is 47.3 Å². The molecule has 2 N–H and O–H groups in total. The molecule has 1 fully saturated rings. The smallest absolute Gasteiger partial charge is 0.270 e. The van der Waals surface area contributed by atoms with Crippen LogP contribution in [-0.4, -0.2) is 42.1 Å². The van der Waals surface area contributed by atoms with Gasteiger partial charge in [0.1, 0.15) is 23.0 Å². The predicted octanol–water partition coefficient (Wildman–Crippen LogP) is 2.11. The van der Waals surface area contributed by atoms with E-state index in [2.05, 4.69) is 20.6 Å². The van der Waals surface area contributed by atoms with Crippen molar-refractivity contribution in [1.82, 2.24) is 15.3 Å². The molecular formula is C17H19F2N5O. The Labute approximate surface area is 144 Å². The van der Waals surface area contributed by atoms with E-state index in [-0.39, 0.29) is 23.3 Å². The highest BCUT2D eigenvalue weighted by Crippen LogP contribution is 2.26. The Hall–Kier alpha value is -2.77. The fraction of sp³-hybridized carbons (Fsp3) is 0.353. The molecule has 1 atom stereocenters. The zero-order valence-corrected chi connectivity index (χ0v) is 14.0. The number of carbonyl (C=O) groups excluding carboxylic acids is 1. The van der Waals surface area contributed by atoms with Crippen LogP contribution in [0.1, 0.15) is 22.6 Å². The molecule has 1 saturated heterocycles. The van der Waals surface area contributed by atoms with Gasteiger partial charge in [-0.15, -0.1) is 0 Å². The first-order valence-electron chi connectivity index (χ1n) is 8.01. The zero-order chi connectivity index (χ0) is 18.0. The highest BCUT2D eigenvalue weighted by Gasteiger charge is 2.28. The highest BCUT2D eigenvalue weighted by molar-refractivity contribution is 5.92. The number of amides is 1. The van der Waals surface area contributed by atoms with Gasteiger partial charge in [0.05, 0.1) is 0 Å². The average Bonchev–Trinajstić information content (AvgIpc) is 3.02. The molecule has 0 aliphatic carbocycles. The van der Waals surface area contributed by atoms with Crippen molar-refractivity contribution >= 4 is 17.5 Å². The maximum absolute atomic E-state index is 13.9. The maximum Gasteiger partial charge on any atom is 0.270 e. The molecule has 1 aliphatic rings. The Morgan fingerprint density at radius 1 is 1.28 bits per heavy atom. The molecule has 0 bridgehead atoms. The number of hydrogen-bond donors (Lipinski definition) is 2. The number of rotatable bonds is 4. The molecule has 2 aromatic rings. The third-order valence-electron chi connectivity index (χ3n) is 4.09. The van der Waals surface area contributed by atoms with Gasteiger partial charge in [0.2, 0.25) is 5.95 Å². The van der Waals surface area contributed by atoms with Crippen molar-refractivity contribution in [3.63, 3.8) is 0 Å². The molecule has 1 aromatic heterocycles. The van der Waals surface area contributed by atoms with E-state index in [0.717, 1.165) is 0 Å². The Morgan fingerprint density at radius 2 is 2.00 bits per heavy atom. The Bertz CT molecular complexity index is 778. The molecule has 6 nitrogen and oxygen atoms in total. The lowest BCUT2D eigenvalue weighted by Crippen LogP contribution is -2.37. The molecule has 0 unspecified atom stereocenters. The van der Waals surface area contributed by atoms with E-state index in [1.165, 1.54) is 18.2 Å². The van der Waals surface area contributed by atoms with Gasteiger partial charge in [-0.1, -0.05) is 6.07 Å². The molecule has 0 radical (unpaired) electrons. The van der Waals surface area contributed by atoms with Gasteiger partial charge in [0, 0.05) is 31.9 Å². The monoisotopic (exact) mass is 347 g/mol. The third-order valence-corrected chi connectivity index (χ3v) is 4.09. The van der Waals surface area contributed by atoms with Gasteiger partial charge in [-0.3, -0.25) is 4.79 Å². The molecule has 3 rings (SSSR count). The van der Waals surface area contributed by atoms with Crippen molar-refractivity contribution in [2.24, 2.45) is 0 Å². The van der Waals surface area contributed by atoms with Crippen molar-refractivity contribution in [1.29, 1.82) is 0 Å². The van der Waals surface area contributed by atoms with Crippen LogP contribution in [-0.2, 0) is 0 Å². The second-order valence-corrected chi connectivity index (χ2v) is 5.94. The van der Waals surface area contributed by atoms with Gasteiger partial charge in [-0.2, -0.15) is 0 Å². The van der Waals surface area contributed by atoms with Gasteiger partial charge < -0.3 is 15.5 Å². The predicted molar refractivity (Wildman–Crippen MR) is 90.8 cm³/mol. The summed E-state index contributed by atoms with van der Waals surface area (Å²) in [6.45, 7) is 2.58. The minimum absolute atomic E-state index is 0.0467. The number of benzene rings is 1. The number of nitrogens with zero attached hydrogens (tertiary/aromatic N) is 3. The number of carbonyl (C=O) groups is 1. The summed E-state index contributed by atoms with van der Waals surface area (Å²) in [5, 5.41) is 5.67. The molecular weight excluding hydrogens is 328 g/mol. The van der Waals surface area contributed by atoms with Crippen LogP contribution in [0.5, 0.6) is 0 Å². The molecule has 132 valence electrons. The quantitative estimate of drug-likeness (QED) is 0.887. The van der Waals surface area contributed by atoms with E-state index in [9.17, 15) is 13.6 Å².